The van der Waals surface area contributed by atoms with Gasteiger partial charge in [-0.15, -0.1) is 0 Å². The van der Waals surface area contributed by atoms with Crippen molar-refractivity contribution in [3.05, 3.63) is 11.8 Å². The number of anilines is 2. The summed E-state index contributed by atoms with van der Waals surface area (Å²) in [6.45, 7) is 4.02. The van der Waals surface area contributed by atoms with E-state index in [1.54, 1.807) is 0 Å². The number of hydrogen-bond donors (Lipinski definition) is 3. The van der Waals surface area contributed by atoms with E-state index in [0.717, 1.165) is 18.1 Å². The van der Waals surface area contributed by atoms with Gasteiger partial charge in [-0.3, -0.25) is 5.43 Å². The van der Waals surface area contributed by atoms with E-state index in [-0.39, 0.29) is 0 Å². The molecular formula is C11H20N6. The van der Waals surface area contributed by atoms with Crippen LogP contribution in [0.1, 0.15) is 18.5 Å². The Labute approximate surface area is 102 Å². The van der Waals surface area contributed by atoms with Crippen LogP contribution in [0.4, 0.5) is 11.8 Å². The summed E-state index contributed by atoms with van der Waals surface area (Å²) in [7, 11) is 2.16. The molecule has 1 saturated heterocycles. The summed E-state index contributed by atoms with van der Waals surface area (Å²) in [6, 6.07) is 2.52. The molecule has 1 fully saturated rings. The van der Waals surface area contributed by atoms with E-state index in [2.05, 4.69) is 32.7 Å². The van der Waals surface area contributed by atoms with Gasteiger partial charge in [0.15, 0.2) is 0 Å². The molecule has 0 saturated carbocycles. The summed E-state index contributed by atoms with van der Waals surface area (Å²) in [5.74, 6) is 6.59. The van der Waals surface area contributed by atoms with Gasteiger partial charge in [0.1, 0.15) is 5.82 Å². The molecule has 0 aliphatic carbocycles. The van der Waals surface area contributed by atoms with E-state index in [4.69, 9.17) is 5.84 Å². The summed E-state index contributed by atoms with van der Waals surface area (Å²) < 4.78 is 0. The molecule has 0 radical (unpaired) electrons. The molecule has 0 spiro atoms. The molecule has 1 unspecified atom stereocenters. The molecule has 1 atom stereocenters. The topological polar surface area (TPSA) is 79.1 Å². The molecule has 1 aliphatic heterocycles. The molecule has 94 valence electrons. The van der Waals surface area contributed by atoms with Gasteiger partial charge in [0.05, 0.1) is 0 Å². The summed E-state index contributed by atoms with van der Waals surface area (Å²) in [6.07, 6.45) is 2.52. The molecule has 6 heteroatoms. The van der Waals surface area contributed by atoms with Gasteiger partial charge in [-0.05, 0) is 33.4 Å². The van der Waals surface area contributed by atoms with Crippen LogP contribution in [0.5, 0.6) is 0 Å². The van der Waals surface area contributed by atoms with Crippen molar-refractivity contribution in [2.75, 3.05) is 30.9 Å². The van der Waals surface area contributed by atoms with Crippen LogP contribution in [0.25, 0.3) is 0 Å². The Kier molecular flexibility index (Phi) is 3.75. The average molecular weight is 236 g/mol. The van der Waals surface area contributed by atoms with E-state index in [1.807, 2.05) is 13.0 Å². The lowest BCUT2D eigenvalue weighted by Gasteiger charge is -2.20. The highest BCUT2D eigenvalue weighted by Gasteiger charge is 2.20. The Morgan fingerprint density at radius 1 is 1.53 bits per heavy atom. The van der Waals surface area contributed by atoms with Crippen LogP contribution in [0.2, 0.25) is 0 Å². The van der Waals surface area contributed by atoms with Crippen molar-refractivity contribution in [2.24, 2.45) is 5.84 Å². The fourth-order valence-electron chi connectivity index (χ4n) is 2.18. The second-order valence-electron chi connectivity index (χ2n) is 4.52. The number of likely N-dealkylation sites (tertiary alicyclic amines) is 1. The van der Waals surface area contributed by atoms with E-state index >= 15 is 0 Å². The van der Waals surface area contributed by atoms with Gasteiger partial charge in [0.2, 0.25) is 5.95 Å². The minimum Gasteiger partial charge on any atom is -0.368 e. The second kappa shape index (κ2) is 5.29. The molecule has 2 heterocycles. The Morgan fingerprint density at radius 2 is 2.35 bits per heavy atom. The van der Waals surface area contributed by atoms with Gasteiger partial charge in [0.25, 0.3) is 0 Å². The van der Waals surface area contributed by atoms with Crippen molar-refractivity contribution in [2.45, 2.75) is 25.8 Å². The molecule has 2 rings (SSSR count). The highest BCUT2D eigenvalue weighted by molar-refractivity contribution is 5.41. The van der Waals surface area contributed by atoms with Crippen LogP contribution in [0.3, 0.4) is 0 Å². The number of nitrogen functional groups attached to an aromatic ring is 1. The summed E-state index contributed by atoms with van der Waals surface area (Å²) in [5.41, 5.74) is 3.37. The number of nitrogens with two attached hydrogens (primary N) is 1. The number of likely N-dealkylation sites (N-methyl/N-ethyl adjacent to an activating group) is 1. The normalized spacial score (nSPS) is 20.5. The van der Waals surface area contributed by atoms with Gasteiger partial charge in [0, 0.05) is 24.3 Å². The monoisotopic (exact) mass is 236 g/mol. The van der Waals surface area contributed by atoms with Gasteiger partial charge in [-0.1, -0.05) is 0 Å². The van der Waals surface area contributed by atoms with Crippen molar-refractivity contribution in [3.8, 4) is 0 Å². The van der Waals surface area contributed by atoms with Crippen molar-refractivity contribution in [1.29, 1.82) is 0 Å². The molecule has 4 N–H and O–H groups in total. The zero-order chi connectivity index (χ0) is 12.3. The number of nitrogens with one attached hydrogen (secondary N) is 2. The number of hydrogen-bond acceptors (Lipinski definition) is 6. The number of nitrogens with zero attached hydrogens (tertiary/aromatic N) is 3. The molecule has 1 aromatic rings. The molecule has 1 aliphatic rings. The third kappa shape index (κ3) is 3.04. The molecule has 6 nitrogen and oxygen atoms in total. The number of aryl methyl sites for hydroxylation is 1. The maximum atomic E-state index is 5.32. The van der Waals surface area contributed by atoms with Gasteiger partial charge in [-0.25, -0.2) is 10.8 Å². The first-order valence-electron chi connectivity index (χ1n) is 5.95. The van der Waals surface area contributed by atoms with E-state index in [1.165, 1.54) is 19.4 Å². The van der Waals surface area contributed by atoms with Crippen LogP contribution in [0, 0.1) is 6.92 Å². The predicted molar refractivity (Wildman–Crippen MR) is 68.7 cm³/mol. The first-order valence-corrected chi connectivity index (χ1v) is 5.95. The maximum Gasteiger partial charge on any atom is 0.239 e. The average Bonchev–Trinajstić information content (AvgIpc) is 2.71. The standard InChI is InChI=1S/C11H20N6/c1-8-6-10(15-11(14-8)16-12)13-7-9-4-3-5-17(9)2/h6,9H,3-5,7,12H2,1-2H3,(H2,13,14,15,16). The van der Waals surface area contributed by atoms with Crippen LogP contribution >= 0.6 is 0 Å². The maximum absolute atomic E-state index is 5.32. The SMILES string of the molecule is Cc1cc(NCC2CCCN2C)nc(NN)n1. The fraction of sp³-hybridized carbons (Fsp3) is 0.636. The zero-order valence-electron chi connectivity index (χ0n) is 10.4. The molecule has 0 amide bonds. The Hall–Kier alpha value is -1.40. The minimum absolute atomic E-state index is 0.451. The van der Waals surface area contributed by atoms with Gasteiger partial charge < -0.3 is 10.2 Å². The van der Waals surface area contributed by atoms with Gasteiger partial charge in [-0.2, -0.15) is 4.98 Å². The molecule has 0 aromatic carbocycles. The minimum atomic E-state index is 0.451. The van der Waals surface area contributed by atoms with Crippen molar-refractivity contribution in [3.63, 3.8) is 0 Å². The number of rotatable bonds is 4. The third-order valence-corrected chi connectivity index (χ3v) is 3.17. The largest absolute Gasteiger partial charge is 0.368 e. The Balaban J connectivity index is 1.96. The van der Waals surface area contributed by atoms with Crippen LogP contribution in [-0.4, -0.2) is 41.0 Å². The van der Waals surface area contributed by atoms with Crippen LogP contribution in [-0.2, 0) is 0 Å². The fourth-order valence-corrected chi connectivity index (χ4v) is 2.18. The quantitative estimate of drug-likeness (QED) is 0.524. The summed E-state index contributed by atoms with van der Waals surface area (Å²) in [4.78, 5) is 10.8. The van der Waals surface area contributed by atoms with Crippen molar-refractivity contribution < 1.29 is 0 Å². The van der Waals surface area contributed by atoms with Crippen LogP contribution in [0.15, 0.2) is 6.07 Å². The number of aromatic nitrogens is 2. The highest BCUT2D eigenvalue weighted by Crippen LogP contribution is 2.16. The first-order chi connectivity index (χ1) is 8.19. The number of hydrazine groups is 1. The smallest absolute Gasteiger partial charge is 0.239 e. The lowest BCUT2D eigenvalue weighted by Crippen LogP contribution is -2.31. The molecule has 1 aromatic heterocycles. The van der Waals surface area contributed by atoms with Crippen LogP contribution < -0.4 is 16.6 Å². The second-order valence-corrected chi connectivity index (χ2v) is 4.52. The predicted octanol–water partition coefficient (Wildman–Crippen LogP) is 0.577. The van der Waals surface area contributed by atoms with Crippen molar-refractivity contribution in [1.82, 2.24) is 14.9 Å². The van der Waals surface area contributed by atoms with Crippen molar-refractivity contribution >= 4 is 11.8 Å². The highest BCUT2D eigenvalue weighted by atomic mass is 15.3. The Morgan fingerprint density at radius 3 is 3.00 bits per heavy atom. The lowest BCUT2D eigenvalue weighted by atomic mass is 10.2. The van der Waals surface area contributed by atoms with E-state index < -0.39 is 0 Å². The molecule has 17 heavy (non-hydrogen) atoms. The Bertz CT molecular complexity index is 380. The molecular weight excluding hydrogens is 216 g/mol. The summed E-state index contributed by atoms with van der Waals surface area (Å²) >= 11 is 0. The summed E-state index contributed by atoms with van der Waals surface area (Å²) in [5, 5.41) is 3.34. The molecule has 0 bridgehead atoms. The first kappa shape index (κ1) is 12.1. The van der Waals surface area contributed by atoms with Gasteiger partial charge >= 0.3 is 0 Å². The van der Waals surface area contributed by atoms with E-state index in [0.29, 0.717) is 12.0 Å². The third-order valence-electron chi connectivity index (χ3n) is 3.17. The zero-order valence-corrected chi connectivity index (χ0v) is 10.4. The van der Waals surface area contributed by atoms with E-state index in [9.17, 15) is 0 Å². The lowest BCUT2D eigenvalue weighted by molar-refractivity contribution is 0.322.